The van der Waals surface area contributed by atoms with Crippen molar-refractivity contribution >= 4 is 22.6 Å². The van der Waals surface area contributed by atoms with Crippen molar-refractivity contribution in [3.8, 4) is 11.5 Å². The van der Waals surface area contributed by atoms with Gasteiger partial charge in [0.15, 0.2) is 0 Å². The van der Waals surface area contributed by atoms with Gasteiger partial charge in [-0.2, -0.15) is 0 Å². The number of likely N-dealkylation sites (tertiary alicyclic amines) is 1. The van der Waals surface area contributed by atoms with Crippen LogP contribution >= 0.6 is 22.6 Å². The Bertz CT molecular complexity index is 615. The van der Waals surface area contributed by atoms with Crippen LogP contribution in [0.5, 0.6) is 0 Å². The molecule has 1 aliphatic heterocycles. The Balaban J connectivity index is 1.85. The highest BCUT2D eigenvalue weighted by atomic mass is 127. The second kappa shape index (κ2) is 6.68. The lowest BCUT2D eigenvalue weighted by molar-refractivity contribution is 0.188. The summed E-state index contributed by atoms with van der Waals surface area (Å²) >= 11 is 2.36. The largest absolute Gasteiger partial charge is 0.444 e. The van der Waals surface area contributed by atoms with Gasteiger partial charge in [0.2, 0.25) is 5.89 Å². The van der Waals surface area contributed by atoms with Gasteiger partial charge in [-0.3, -0.25) is 0 Å². The quantitative estimate of drug-likeness (QED) is 0.620. The molecule has 2 aromatic rings. The van der Waals surface area contributed by atoms with Crippen molar-refractivity contribution in [2.75, 3.05) is 26.7 Å². The van der Waals surface area contributed by atoms with Crippen molar-refractivity contribution in [3.63, 3.8) is 0 Å². The van der Waals surface area contributed by atoms with Gasteiger partial charge >= 0.3 is 0 Å². The number of halogens is 1. The zero-order chi connectivity index (χ0) is 15.6. The first-order chi connectivity index (χ1) is 10.7. The Morgan fingerprint density at radius 2 is 1.95 bits per heavy atom. The Morgan fingerprint density at radius 1 is 1.27 bits per heavy atom. The lowest BCUT2D eigenvalue weighted by Crippen LogP contribution is -2.45. The zero-order valence-corrected chi connectivity index (χ0v) is 15.0. The van der Waals surface area contributed by atoms with Gasteiger partial charge in [-0.15, -0.1) is 0 Å². The van der Waals surface area contributed by atoms with E-state index in [9.17, 15) is 0 Å². The first kappa shape index (κ1) is 16.0. The summed E-state index contributed by atoms with van der Waals surface area (Å²) in [4.78, 5) is 7.11. The average molecular weight is 411 g/mol. The SMILES string of the molecule is CN1CCC(CN)(c2coc(-c3ccc(CI)cc3)n2)CC1. The van der Waals surface area contributed by atoms with Crippen LogP contribution in [0, 0.1) is 0 Å². The van der Waals surface area contributed by atoms with Crippen LogP contribution in [-0.2, 0) is 9.84 Å². The van der Waals surface area contributed by atoms with E-state index in [1.165, 1.54) is 5.56 Å². The second-order valence-corrected chi connectivity index (χ2v) is 6.92. The van der Waals surface area contributed by atoms with Crippen LogP contribution in [0.2, 0.25) is 0 Å². The molecule has 1 aliphatic rings. The number of rotatable bonds is 4. The lowest BCUT2D eigenvalue weighted by atomic mass is 9.76. The van der Waals surface area contributed by atoms with Crippen LogP contribution in [0.25, 0.3) is 11.5 Å². The molecule has 1 aromatic heterocycles. The number of oxazole rings is 1. The topological polar surface area (TPSA) is 55.3 Å². The number of piperidine rings is 1. The summed E-state index contributed by atoms with van der Waals surface area (Å²) in [5.74, 6) is 0.696. The minimum atomic E-state index is -0.0313. The monoisotopic (exact) mass is 411 g/mol. The molecule has 1 aromatic carbocycles. The molecule has 1 fully saturated rings. The van der Waals surface area contributed by atoms with Gasteiger partial charge in [-0.05, 0) is 50.7 Å². The molecule has 0 bridgehead atoms. The van der Waals surface area contributed by atoms with E-state index in [4.69, 9.17) is 15.1 Å². The fraction of sp³-hybridized carbons (Fsp3) is 0.471. The molecule has 22 heavy (non-hydrogen) atoms. The fourth-order valence-corrected chi connectivity index (χ4v) is 3.51. The van der Waals surface area contributed by atoms with E-state index in [2.05, 4.69) is 58.8 Å². The maximum Gasteiger partial charge on any atom is 0.226 e. The molecular weight excluding hydrogens is 389 g/mol. The first-order valence-electron chi connectivity index (χ1n) is 7.67. The van der Waals surface area contributed by atoms with E-state index in [-0.39, 0.29) is 5.41 Å². The first-order valence-corrected chi connectivity index (χ1v) is 9.19. The highest BCUT2D eigenvalue weighted by molar-refractivity contribution is 14.1. The Labute approximate surface area is 145 Å². The van der Waals surface area contributed by atoms with E-state index in [0.717, 1.165) is 41.6 Å². The maximum atomic E-state index is 6.10. The van der Waals surface area contributed by atoms with Crippen molar-refractivity contribution in [1.82, 2.24) is 9.88 Å². The van der Waals surface area contributed by atoms with Crippen molar-refractivity contribution in [2.45, 2.75) is 22.7 Å². The summed E-state index contributed by atoms with van der Waals surface area (Å²) in [5, 5.41) is 0. The molecule has 0 spiro atoms. The van der Waals surface area contributed by atoms with Gasteiger partial charge in [-0.1, -0.05) is 34.7 Å². The van der Waals surface area contributed by atoms with Gasteiger partial charge in [0.25, 0.3) is 0 Å². The smallest absolute Gasteiger partial charge is 0.226 e. The number of hydrogen-bond donors (Lipinski definition) is 1. The molecule has 0 saturated carbocycles. The van der Waals surface area contributed by atoms with E-state index in [1.54, 1.807) is 6.26 Å². The summed E-state index contributed by atoms with van der Waals surface area (Å²) < 4.78 is 6.76. The zero-order valence-electron chi connectivity index (χ0n) is 12.9. The molecule has 118 valence electrons. The highest BCUT2D eigenvalue weighted by Gasteiger charge is 2.37. The van der Waals surface area contributed by atoms with Gasteiger partial charge in [0.1, 0.15) is 6.26 Å². The fourth-order valence-electron chi connectivity index (χ4n) is 3.00. The minimum absolute atomic E-state index is 0.0313. The van der Waals surface area contributed by atoms with E-state index in [0.29, 0.717) is 12.4 Å². The molecule has 5 heteroatoms. The Hall–Kier alpha value is -0.920. The Morgan fingerprint density at radius 3 is 2.55 bits per heavy atom. The van der Waals surface area contributed by atoms with Crippen LogP contribution in [0.4, 0.5) is 0 Å². The van der Waals surface area contributed by atoms with Gasteiger partial charge < -0.3 is 15.1 Å². The standard InChI is InChI=1S/C17H22IN3O/c1-21-8-6-17(12-19,7-9-21)15-11-22-16(20-15)14-4-2-13(10-18)3-5-14/h2-5,11H,6-10,12,19H2,1H3. The summed E-state index contributed by atoms with van der Waals surface area (Å²) in [7, 11) is 2.16. The number of hydrogen-bond acceptors (Lipinski definition) is 4. The third-order valence-electron chi connectivity index (χ3n) is 4.74. The normalized spacial score (nSPS) is 18.5. The van der Waals surface area contributed by atoms with E-state index >= 15 is 0 Å². The van der Waals surface area contributed by atoms with Crippen LogP contribution in [0.15, 0.2) is 34.9 Å². The van der Waals surface area contributed by atoms with Crippen molar-refractivity contribution in [2.24, 2.45) is 5.73 Å². The predicted molar refractivity (Wildman–Crippen MR) is 97.1 cm³/mol. The highest BCUT2D eigenvalue weighted by Crippen LogP contribution is 2.35. The molecule has 0 amide bonds. The molecule has 3 rings (SSSR count). The molecule has 2 heterocycles. The third-order valence-corrected chi connectivity index (χ3v) is 5.62. The average Bonchev–Trinajstić information content (AvgIpc) is 3.07. The molecule has 1 saturated heterocycles. The van der Waals surface area contributed by atoms with Gasteiger partial charge in [0, 0.05) is 22.0 Å². The summed E-state index contributed by atoms with van der Waals surface area (Å²) in [5.41, 5.74) is 9.42. The number of aromatic nitrogens is 1. The molecule has 4 nitrogen and oxygen atoms in total. The summed E-state index contributed by atoms with van der Waals surface area (Å²) in [6.07, 6.45) is 3.89. The third kappa shape index (κ3) is 3.07. The number of alkyl halides is 1. The van der Waals surface area contributed by atoms with Gasteiger partial charge in [-0.25, -0.2) is 4.98 Å². The van der Waals surface area contributed by atoms with E-state index < -0.39 is 0 Å². The number of benzene rings is 1. The summed E-state index contributed by atoms with van der Waals surface area (Å²) in [6, 6.07) is 8.40. The van der Waals surface area contributed by atoms with E-state index in [1.807, 2.05) is 0 Å². The van der Waals surface area contributed by atoms with Crippen molar-refractivity contribution < 1.29 is 4.42 Å². The van der Waals surface area contributed by atoms with Crippen LogP contribution in [0.3, 0.4) is 0 Å². The molecule has 0 radical (unpaired) electrons. The number of nitrogens with zero attached hydrogens (tertiary/aromatic N) is 2. The molecule has 0 atom stereocenters. The lowest BCUT2D eigenvalue weighted by Gasteiger charge is -2.38. The predicted octanol–water partition coefficient (Wildman–Crippen LogP) is 3.20. The van der Waals surface area contributed by atoms with Gasteiger partial charge in [0.05, 0.1) is 5.69 Å². The molecule has 0 unspecified atom stereocenters. The summed E-state index contributed by atoms with van der Waals surface area (Å²) in [6.45, 7) is 2.74. The maximum absolute atomic E-state index is 6.10. The molecule has 0 aliphatic carbocycles. The minimum Gasteiger partial charge on any atom is -0.444 e. The van der Waals surface area contributed by atoms with Crippen molar-refractivity contribution in [1.29, 1.82) is 0 Å². The van der Waals surface area contributed by atoms with Crippen LogP contribution in [0.1, 0.15) is 24.1 Å². The van der Waals surface area contributed by atoms with Crippen molar-refractivity contribution in [3.05, 3.63) is 41.8 Å². The second-order valence-electron chi connectivity index (χ2n) is 6.16. The molecule has 2 N–H and O–H groups in total. The number of nitrogens with two attached hydrogens (primary N) is 1. The Kier molecular flexibility index (Phi) is 4.84. The molecular formula is C17H22IN3O. The van der Waals surface area contributed by atoms with Crippen LogP contribution < -0.4 is 5.73 Å². The van der Waals surface area contributed by atoms with Crippen LogP contribution in [-0.4, -0.2) is 36.6 Å².